The van der Waals surface area contributed by atoms with Crippen molar-refractivity contribution in [3.63, 3.8) is 0 Å². The van der Waals surface area contributed by atoms with Crippen LogP contribution in [0.15, 0.2) is 59.4 Å². The second-order valence-corrected chi connectivity index (χ2v) is 7.43. The predicted octanol–water partition coefficient (Wildman–Crippen LogP) is 2.95. The van der Waals surface area contributed by atoms with Crippen LogP contribution in [0.5, 0.6) is 11.5 Å². The summed E-state index contributed by atoms with van der Waals surface area (Å²) in [4.78, 5) is 16.2. The minimum atomic E-state index is -0.673. The smallest absolute Gasteiger partial charge is 0.273 e. The molecule has 0 fully saturated rings. The maximum atomic E-state index is 12.0. The highest BCUT2D eigenvalue weighted by atomic mass is 16.5. The molecule has 0 spiro atoms. The maximum absolute atomic E-state index is 12.0. The Morgan fingerprint density at radius 2 is 1.77 bits per heavy atom. The van der Waals surface area contributed by atoms with E-state index in [4.69, 9.17) is 9.47 Å². The number of aryl methyl sites for hydroxylation is 1. The van der Waals surface area contributed by atoms with Crippen LogP contribution in [-0.4, -0.2) is 41.5 Å². The normalized spacial score (nSPS) is 12.9. The van der Waals surface area contributed by atoms with E-state index in [1.54, 1.807) is 14.2 Å². The predicted molar refractivity (Wildman–Crippen MR) is 121 cm³/mol. The van der Waals surface area contributed by atoms with Gasteiger partial charge < -0.3 is 24.5 Å². The van der Waals surface area contributed by atoms with Crippen molar-refractivity contribution in [3.8, 4) is 22.9 Å². The van der Waals surface area contributed by atoms with Crippen molar-refractivity contribution >= 4 is 0 Å². The molecule has 3 rings (SSSR count). The first-order valence-electron chi connectivity index (χ1n) is 10.2. The summed E-state index contributed by atoms with van der Waals surface area (Å²) in [6.07, 6.45) is -0.673. The molecule has 0 aliphatic rings. The van der Waals surface area contributed by atoms with Gasteiger partial charge in [-0.3, -0.25) is 4.79 Å². The van der Waals surface area contributed by atoms with Gasteiger partial charge in [-0.25, -0.2) is 0 Å². The molecule has 1 aromatic heterocycles. The summed E-state index contributed by atoms with van der Waals surface area (Å²) in [5, 5.41) is 14.1. The van der Waals surface area contributed by atoms with E-state index in [-0.39, 0.29) is 11.6 Å². The van der Waals surface area contributed by atoms with E-state index >= 15 is 0 Å². The van der Waals surface area contributed by atoms with E-state index in [1.807, 2.05) is 66.9 Å². The molecule has 2 unspecified atom stereocenters. The topological polar surface area (TPSA) is 85.6 Å². The van der Waals surface area contributed by atoms with Gasteiger partial charge in [0.05, 0.1) is 26.9 Å². The highest BCUT2D eigenvalue weighted by Crippen LogP contribution is 2.29. The van der Waals surface area contributed by atoms with Crippen LogP contribution in [0, 0.1) is 6.92 Å². The first kappa shape index (κ1) is 22.5. The average molecular weight is 424 g/mol. The lowest BCUT2D eigenvalue weighted by Crippen LogP contribution is -2.33. The number of aliphatic hydroxyl groups excluding tert-OH is 1. The Bertz CT molecular complexity index is 1070. The Morgan fingerprint density at radius 3 is 2.45 bits per heavy atom. The Hall–Kier alpha value is -3.16. The number of ether oxygens (including phenoxy) is 2. The van der Waals surface area contributed by atoms with Crippen molar-refractivity contribution in [1.29, 1.82) is 0 Å². The van der Waals surface area contributed by atoms with Crippen molar-refractivity contribution in [2.75, 3.05) is 20.8 Å². The van der Waals surface area contributed by atoms with Gasteiger partial charge in [0.1, 0.15) is 5.82 Å². The summed E-state index contributed by atoms with van der Waals surface area (Å²) < 4.78 is 12.5. The molecule has 0 saturated carbocycles. The molecule has 0 aliphatic carbocycles. The van der Waals surface area contributed by atoms with Crippen LogP contribution in [0.3, 0.4) is 0 Å². The fraction of sp³-hybridized carbons (Fsp3) is 0.333. The average Bonchev–Trinajstić information content (AvgIpc) is 2.79. The molecular formula is C24H29N3O4. The monoisotopic (exact) mass is 423 g/mol. The van der Waals surface area contributed by atoms with Gasteiger partial charge in [-0.2, -0.15) is 4.98 Å². The summed E-state index contributed by atoms with van der Waals surface area (Å²) in [6.45, 7) is 4.56. The van der Waals surface area contributed by atoms with Gasteiger partial charge in [-0.05, 0) is 31.5 Å². The number of nitrogens with one attached hydrogen (secondary N) is 1. The number of aliphatic hydroxyl groups is 1. The summed E-state index contributed by atoms with van der Waals surface area (Å²) in [7, 11) is 3.21. The third kappa shape index (κ3) is 5.51. The zero-order valence-corrected chi connectivity index (χ0v) is 18.3. The quantitative estimate of drug-likeness (QED) is 0.550. The van der Waals surface area contributed by atoms with Gasteiger partial charge in [-0.1, -0.05) is 36.4 Å². The number of hydrogen-bond acceptors (Lipinski definition) is 6. The van der Waals surface area contributed by atoms with E-state index in [1.165, 1.54) is 6.07 Å². The zero-order valence-electron chi connectivity index (χ0n) is 18.3. The van der Waals surface area contributed by atoms with Crippen LogP contribution >= 0.6 is 0 Å². The molecule has 0 radical (unpaired) electrons. The van der Waals surface area contributed by atoms with Crippen molar-refractivity contribution in [2.24, 2.45) is 0 Å². The standard InChI is InChI=1S/C24H29N3O4/c1-16-12-23(29)26-24(18-8-6-5-7-9-18)27(16)15-20(28)14-25-17(2)19-10-11-21(30-3)22(13-19)31-4/h5-13,17,20,25,28H,14-15H2,1-4H3. The van der Waals surface area contributed by atoms with Gasteiger partial charge >= 0.3 is 0 Å². The van der Waals surface area contributed by atoms with Crippen LogP contribution in [0.1, 0.15) is 24.2 Å². The second kappa shape index (κ2) is 10.2. The van der Waals surface area contributed by atoms with Crippen molar-refractivity contribution in [1.82, 2.24) is 14.9 Å². The van der Waals surface area contributed by atoms with Crippen molar-refractivity contribution in [2.45, 2.75) is 32.5 Å². The van der Waals surface area contributed by atoms with Crippen molar-refractivity contribution in [3.05, 3.63) is 76.2 Å². The van der Waals surface area contributed by atoms with Gasteiger partial charge in [-0.15, -0.1) is 0 Å². The maximum Gasteiger partial charge on any atom is 0.273 e. The third-order valence-electron chi connectivity index (χ3n) is 5.22. The Kier molecular flexibility index (Phi) is 7.44. The van der Waals surface area contributed by atoms with Crippen LogP contribution in [-0.2, 0) is 6.54 Å². The lowest BCUT2D eigenvalue weighted by Gasteiger charge is -2.22. The number of rotatable bonds is 9. The molecule has 1 heterocycles. The van der Waals surface area contributed by atoms with E-state index in [0.29, 0.717) is 30.4 Å². The minimum absolute atomic E-state index is 0.00344. The third-order valence-corrected chi connectivity index (χ3v) is 5.22. The van der Waals surface area contributed by atoms with Gasteiger partial charge in [0.2, 0.25) is 0 Å². The fourth-order valence-electron chi connectivity index (χ4n) is 3.49. The van der Waals surface area contributed by atoms with E-state index in [2.05, 4.69) is 10.3 Å². The first-order chi connectivity index (χ1) is 14.9. The molecule has 3 aromatic rings. The molecule has 7 nitrogen and oxygen atoms in total. The summed E-state index contributed by atoms with van der Waals surface area (Å²) in [6, 6.07) is 16.8. The molecule has 2 N–H and O–H groups in total. The summed E-state index contributed by atoms with van der Waals surface area (Å²) in [5.41, 5.74) is 2.33. The minimum Gasteiger partial charge on any atom is -0.493 e. The Morgan fingerprint density at radius 1 is 1.06 bits per heavy atom. The molecule has 164 valence electrons. The molecular weight excluding hydrogens is 394 g/mol. The number of hydrogen-bond donors (Lipinski definition) is 2. The lowest BCUT2D eigenvalue weighted by molar-refractivity contribution is 0.147. The number of nitrogens with zero attached hydrogens (tertiary/aromatic N) is 2. The van der Waals surface area contributed by atoms with Crippen LogP contribution in [0.25, 0.3) is 11.4 Å². The summed E-state index contributed by atoms with van der Waals surface area (Å²) in [5.74, 6) is 1.89. The SMILES string of the molecule is COc1ccc(C(C)NCC(O)Cn2c(C)cc(=O)nc2-c2ccccc2)cc1OC. The fourth-order valence-corrected chi connectivity index (χ4v) is 3.49. The highest BCUT2D eigenvalue weighted by molar-refractivity contribution is 5.55. The van der Waals surface area contributed by atoms with Gasteiger partial charge in [0.15, 0.2) is 11.5 Å². The number of aromatic nitrogens is 2. The van der Waals surface area contributed by atoms with Crippen molar-refractivity contribution < 1.29 is 14.6 Å². The lowest BCUT2D eigenvalue weighted by atomic mass is 10.1. The molecule has 0 saturated heterocycles. The Balaban J connectivity index is 1.72. The molecule has 2 aromatic carbocycles. The zero-order chi connectivity index (χ0) is 22.4. The highest BCUT2D eigenvalue weighted by Gasteiger charge is 2.15. The Labute approximate surface area is 182 Å². The second-order valence-electron chi connectivity index (χ2n) is 7.43. The van der Waals surface area contributed by atoms with Crippen LogP contribution in [0.2, 0.25) is 0 Å². The van der Waals surface area contributed by atoms with E-state index in [0.717, 1.165) is 16.8 Å². The molecule has 7 heteroatoms. The molecule has 31 heavy (non-hydrogen) atoms. The molecule has 0 amide bonds. The van der Waals surface area contributed by atoms with Crippen LogP contribution in [0.4, 0.5) is 0 Å². The van der Waals surface area contributed by atoms with Gasteiger partial charge in [0, 0.05) is 29.9 Å². The summed E-state index contributed by atoms with van der Waals surface area (Å²) >= 11 is 0. The van der Waals surface area contributed by atoms with E-state index in [9.17, 15) is 9.90 Å². The number of methoxy groups -OCH3 is 2. The first-order valence-corrected chi connectivity index (χ1v) is 10.2. The molecule has 0 bridgehead atoms. The van der Waals surface area contributed by atoms with E-state index < -0.39 is 6.10 Å². The van der Waals surface area contributed by atoms with Gasteiger partial charge in [0.25, 0.3) is 5.56 Å². The molecule has 0 aliphatic heterocycles. The largest absolute Gasteiger partial charge is 0.493 e. The number of benzene rings is 2. The van der Waals surface area contributed by atoms with Crippen LogP contribution < -0.4 is 20.3 Å². The molecule has 2 atom stereocenters.